The van der Waals surface area contributed by atoms with Gasteiger partial charge in [-0.1, -0.05) is 41.9 Å². The van der Waals surface area contributed by atoms with E-state index < -0.39 is 36.2 Å². The first-order chi connectivity index (χ1) is 13.9. The van der Waals surface area contributed by atoms with E-state index in [1.54, 1.807) is 12.1 Å². The molecule has 29 heavy (non-hydrogen) atoms. The Morgan fingerprint density at radius 2 is 1.62 bits per heavy atom. The quantitative estimate of drug-likeness (QED) is 0.438. The molecule has 0 unspecified atom stereocenters. The zero-order chi connectivity index (χ0) is 20.8. The van der Waals surface area contributed by atoms with Crippen molar-refractivity contribution < 1.29 is 14.3 Å². The van der Waals surface area contributed by atoms with Gasteiger partial charge in [0.05, 0.1) is 6.54 Å². The van der Waals surface area contributed by atoms with Crippen molar-refractivity contribution in [3.05, 3.63) is 104 Å². The van der Waals surface area contributed by atoms with E-state index in [4.69, 9.17) is 16.3 Å². The van der Waals surface area contributed by atoms with Crippen molar-refractivity contribution in [3.63, 3.8) is 0 Å². The Balaban J connectivity index is 1.67. The molecule has 3 aromatic rings. The van der Waals surface area contributed by atoms with Crippen molar-refractivity contribution in [2.24, 2.45) is 0 Å². The molecule has 1 heterocycles. The number of halogens is 1. The lowest BCUT2D eigenvalue weighted by Crippen LogP contribution is -2.41. The number of Topliss-reactive ketones (excluding diaryl/α,β-unsaturated/α-hetero) is 1. The standard InChI is InChI=1S/C21H17ClN2O5/c22-17-8-6-16(7-9-17)18(25)14-29-20(27)13-24-19(26)10-11-23(21(24)28)12-15-4-2-1-3-5-15/h1-11H,12-14H2. The second kappa shape index (κ2) is 9.16. The fourth-order valence-corrected chi connectivity index (χ4v) is 2.77. The molecule has 0 N–H and O–H groups in total. The summed E-state index contributed by atoms with van der Waals surface area (Å²) in [6.07, 6.45) is 1.38. The first-order valence-electron chi connectivity index (χ1n) is 8.72. The molecule has 8 heteroatoms. The van der Waals surface area contributed by atoms with Crippen molar-refractivity contribution in [1.82, 2.24) is 9.13 Å². The molecule has 7 nitrogen and oxygen atoms in total. The normalized spacial score (nSPS) is 10.5. The van der Waals surface area contributed by atoms with Gasteiger partial charge in [-0.05, 0) is 29.8 Å². The molecule has 0 radical (unpaired) electrons. The zero-order valence-electron chi connectivity index (χ0n) is 15.3. The van der Waals surface area contributed by atoms with Gasteiger partial charge in [0.1, 0.15) is 6.54 Å². The van der Waals surface area contributed by atoms with Crippen LogP contribution in [0, 0.1) is 0 Å². The van der Waals surface area contributed by atoms with Crippen LogP contribution in [-0.4, -0.2) is 27.5 Å². The van der Waals surface area contributed by atoms with Gasteiger partial charge in [-0.15, -0.1) is 0 Å². The van der Waals surface area contributed by atoms with Gasteiger partial charge < -0.3 is 4.74 Å². The summed E-state index contributed by atoms with van der Waals surface area (Å²) in [5, 5.41) is 0.480. The summed E-state index contributed by atoms with van der Waals surface area (Å²) in [5.41, 5.74) is -0.0529. The van der Waals surface area contributed by atoms with Crippen LogP contribution < -0.4 is 11.2 Å². The van der Waals surface area contributed by atoms with E-state index in [2.05, 4.69) is 0 Å². The minimum Gasteiger partial charge on any atom is -0.456 e. The first-order valence-corrected chi connectivity index (χ1v) is 9.10. The number of benzene rings is 2. The predicted molar refractivity (Wildman–Crippen MR) is 107 cm³/mol. The topological polar surface area (TPSA) is 87.4 Å². The van der Waals surface area contributed by atoms with E-state index in [-0.39, 0.29) is 6.54 Å². The number of nitrogens with zero attached hydrogens (tertiary/aromatic N) is 2. The molecule has 3 rings (SSSR count). The maximum absolute atomic E-state index is 12.6. The van der Waals surface area contributed by atoms with E-state index in [1.807, 2.05) is 30.3 Å². The molecule has 0 atom stereocenters. The van der Waals surface area contributed by atoms with Gasteiger partial charge in [-0.2, -0.15) is 0 Å². The molecule has 0 saturated carbocycles. The summed E-state index contributed by atoms with van der Waals surface area (Å²) < 4.78 is 7.03. The number of esters is 1. The minimum absolute atomic E-state index is 0.254. The Morgan fingerprint density at radius 3 is 2.31 bits per heavy atom. The highest BCUT2D eigenvalue weighted by Gasteiger charge is 2.14. The van der Waals surface area contributed by atoms with Crippen LogP contribution in [0.1, 0.15) is 15.9 Å². The highest BCUT2D eigenvalue weighted by atomic mass is 35.5. The molecule has 0 spiro atoms. The van der Waals surface area contributed by atoms with Gasteiger partial charge in [0, 0.05) is 22.8 Å². The fraction of sp³-hybridized carbons (Fsp3) is 0.143. The second-order valence-electron chi connectivity index (χ2n) is 6.23. The van der Waals surface area contributed by atoms with Crippen molar-refractivity contribution in [2.45, 2.75) is 13.1 Å². The molecule has 1 aromatic heterocycles. The van der Waals surface area contributed by atoms with Crippen LogP contribution in [0.4, 0.5) is 0 Å². The lowest BCUT2D eigenvalue weighted by molar-refractivity contribution is -0.143. The van der Waals surface area contributed by atoms with Crippen LogP contribution in [0.5, 0.6) is 0 Å². The lowest BCUT2D eigenvalue weighted by atomic mass is 10.1. The summed E-state index contributed by atoms with van der Waals surface area (Å²) in [6, 6.07) is 16.6. The van der Waals surface area contributed by atoms with Crippen LogP contribution in [0.25, 0.3) is 0 Å². The Bertz CT molecular complexity index is 1130. The van der Waals surface area contributed by atoms with E-state index in [0.29, 0.717) is 10.6 Å². The van der Waals surface area contributed by atoms with Gasteiger partial charge in [-0.25, -0.2) is 9.36 Å². The van der Waals surface area contributed by atoms with Crippen LogP contribution in [-0.2, 0) is 22.6 Å². The van der Waals surface area contributed by atoms with Gasteiger partial charge in [-0.3, -0.25) is 19.0 Å². The average molecular weight is 413 g/mol. The number of rotatable bonds is 7. The second-order valence-corrected chi connectivity index (χ2v) is 6.66. The number of aromatic nitrogens is 2. The summed E-state index contributed by atoms with van der Waals surface area (Å²) in [6.45, 7) is -0.828. The number of hydrogen-bond acceptors (Lipinski definition) is 5. The van der Waals surface area contributed by atoms with Crippen molar-refractivity contribution in [2.75, 3.05) is 6.61 Å². The monoisotopic (exact) mass is 412 g/mol. The fourth-order valence-electron chi connectivity index (χ4n) is 2.64. The van der Waals surface area contributed by atoms with E-state index in [9.17, 15) is 19.2 Å². The van der Waals surface area contributed by atoms with Gasteiger partial charge in [0.15, 0.2) is 12.4 Å². The van der Waals surface area contributed by atoms with E-state index in [1.165, 1.54) is 29.0 Å². The molecule has 0 fully saturated rings. The number of carbonyl (C=O) groups is 2. The molecule has 0 saturated heterocycles. The maximum atomic E-state index is 12.6. The molecule has 2 aromatic carbocycles. The lowest BCUT2D eigenvalue weighted by Gasteiger charge is -2.10. The summed E-state index contributed by atoms with van der Waals surface area (Å²) >= 11 is 5.77. The third-order valence-corrected chi connectivity index (χ3v) is 4.41. The van der Waals surface area contributed by atoms with Gasteiger partial charge >= 0.3 is 11.7 Å². The van der Waals surface area contributed by atoms with Gasteiger partial charge in [0.2, 0.25) is 0 Å². The largest absolute Gasteiger partial charge is 0.456 e. The molecule has 0 aliphatic carbocycles. The molecular weight excluding hydrogens is 396 g/mol. The van der Waals surface area contributed by atoms with E-state index >= 15 is 0 Å². The van der Waals surface area contributed by atoms with Crippen LogP contribution in [0.15, 0.2) is 76.4 Å². The zero-order valence-corrected chi connectivity index (χ0v) is 16.0. The Morgan fingerprint density at radius 1 is 0.931 bits per heavy atom. The molecule has 0 bridgehead atoms. The SMILES string of the molecule is O=C(Cn1c(=O)ccn(Cc2ccccc2)c1=O)OCC(=O)c1ccc(Cl)cc1. The van der Waals surface area contributed by atoms with Crippen LogP contribution in [0.3, 0.4) is 0 Å². The highest BCUT2D eigenvalue weighted by Crippen LogP contribution is 2.10. The average Bonchev–Trinajstić information content (AvgIpc) is 2.73. The first kappa shape index (κ1) is 20.3. The number of ketones is 1. The van der Waals surface area contributed by atoms with Gasteiger partial charge in [0.25, 0.3) is 5.56 Å². The van der Waals surface area contributed by atoms with Crippen LogP contribution in [0.2, 0.25) is 5.02 Å². The van der Waals surface area contributed by atoms with Crippen LogP contribution >= 0.6 is 11.6 Å². The Kier molecular flexibility index (Phi) is 6.41. The number of ether oxygens (including phenoxy) is 1. The third-order valence-electron chi connectivity index (χ3n) is 4.15. The number of hydrogen-bond donors (Lipinski definition) is 0. The summed E-state index contributed by atoms with van der Waals surface area (Å²) in [7, 11) is 0. The van der Waals surface area contributed by atoms with Crippen molar-refractivity contribution >= 4 is 23.4 Å². The third kappa shape index (κ3) is 5.30. The smallest absolute Gasteiger partial charge is 0.331 e. The molecule has 0 amide bonds. The number of carbonyl (C=O) groups excluding carboxylic acids is 2. The highest BCUT2D eigenvalue weighted by molar-refractivity contribution is 6.30. The predicted octanol–water partition coefficient (Wildman–Crippen LogP) is 2.14. The molecule has 148 valence electrons. The molecule has 0 aliphatic rings. The Labute approximate surface area is 170 Å². The molecular formula is C21H17ClN2O5. The van der Waals surface area contributed by atoms with E-state index in [0.717, 1.165) is 10.1 Å². The summed E-state index contributed by atoms with van der Waals surface area (Å²) in [4.78, 5) is 48.7. The van der Waals surface area contributed by atoms with Crippen molar-refractivity contribution in [1.29, 1.82) is 0 Å². The molecule has 0 aliphatic heterocycles. The Hall–Kier alpha value is -3.45. The maximum Gasteiger partial charge on any atom is 0.331 e. The summed E-state index contributed by atoms with van der Waals surface area (Å²) in [5.74, 6) is -1.28. The van der Waals surface area contributed by atoms with Crippen molar-refractivity contribution in [3.8, 4) is 0 Å². The minimum atomic E-state index is -0.857.